The van der Waals surface area contributed by atoms with Crippen LogP contribution in [0.25, 0.3) is 0 Å². The zero-order valence-corrected chi connectivity index (χ0v) is 11.8. The van der Waals surface area contributed by atoms with Crippen LogP contribution in [0.3, 0.4) is 0 Å². The van der Waals surface area contributed by atoms with E-state index in [1.54, 1.807) is 0 Å². The molecule has 0 fully saturated rings. The Labute approximate surface area is 118 Å². The molecule has 0 heterocycles. The number of hydrogen-bond acceptors (Lipinski definition) is 4. The van der Waals surface area contributed by atoms with E-state index in [4.69, 9.17) is 43.7 Å². The van der Waals surface area contributed by atoms with E-state index in [1.807, 2.05) is 0 Å². The first-order chi connectivity index (χ1) is 8.21. The fraction of sp³-hybridized carbons (Fsp3) is 0.222. The van der Waals surface area contributed by atoms with Gasteiger partial charge in [-0.15, -0.1) is 0 Å². The number of rotatable bonds is 5. The van der Waals surface area contributed by atoms with Gasteiger partial charge in [0, 0.05) is 16.7 Å². The fourth-order valence-corrected chi connectivity index (χ4v) is 2.85. The first-order valence-electron chi connectivity index (χ1n) is 4.50. The highest BCUT2D eigenvalue weighted by atomic mass is 35.7. The lowest BCUT2D eigenvalue weighted by Gasteiger charge is -2.09. The normalized spacial score (nSPS) is 11.3. The predicted molar refractivity (Wildman–Crippen MR) is 67.2 cm³/mol. The minimum atomic E-state index is -4.00. The van der Waals surface area contributed by atoms with Crippen LogP contribution in [0, 0.1) is 0 Å². The van der Waals surface area contributed by atoms with Crippen molar-refractivity contribution in [3.8, 4) is 5.75 Å². The van der Waals surface area contributed by atoms with Gasteiger partial charge in [0.15, 0.2) is 0 Å². The number of aliphatic carboxylic acids is 1. The van der Waals surface area contributed by atoms with Crippen molar-refractivity contribution in [3.05, 3.63) is 22.2 Å². The smallest absolute Gasteiger partial charge is 0.306 e. The first kappa shape index (κ1) is 15.4. The second-order valence-electron chi connectivity index (χ2n) is 3.14. The molecule has 0 saturated heterocycles. The van der Waals surface area contributed by atoms with Gasteiger partial charge in [0.2, 0.25) is 0 Å². The molecular weight excluding hydrogens is 327 g/mol. The van der Waals surface area contributed by atoms with Gasteiger partial charge in [-0.1, -0.05) is 23.2 Å². The number of halogens is 3. The topological polar surface area (TPSA) is 80.7 Å². The third-order valence-corrected chi connectivity index (χ3v) is 3.90. The third kappa shape index (κ3) is 4.20. The number of carboxylic acids is 1. The molecule has 0 aliphatic carbocycles. The monoisotopic (exact) mass is 332 g/mol. The van der Waals surface area contributed by atoms with Crippen LogP contribution in [0.5, 0.6) is 5.75 Å². The largest absolute Gasteiger partial charge is 0.491 e. The van der Waals surface area contributed by atoms with Crippen molar-refractivity contribution in [2.45, 2.75) is 11.3 Å². The van der Waals surface area contributed by atoms with E-state index in [1.165, 1.54) is 6.07 Å². The van der Waals surface area contributed by atoms with Crippen LogP contribution in [0.15, 0.2) is 17.0 Å². The summed E-state index contributed by atoms with van der Waals surface area (Å²) in [5.74, 6) is -0.941. The molecule has 0 aromatic heterocycles. The van der Waals surface area contributed by atoms with Crippen LogP contribution in [0.1, 0.15) is 6.42 Å². The number of carboxylic acid groups (broad SMARTS) is 1. The van der Waals surface area contributed by atoms with Crippen molar-refractivity contribution in [1.82, 2.24) is 0 Å². The summed E-state index contributed by atoms with van der Waals surface area (Å²) in [5, 5.41) is 8.25. The first-order valence-corrected chi connectivity index (χ1v) is 7.56. The van der Waals surface area contributed by atoms with Gasteiger partial charge in [0.25, 0.3) is 9.05 Å². The molecule has 0 atom stereocenters. The average Bonchev–Trinajstić information content (AvgIpc) is 2.20. The second-order valence-corrected chi connectivity index (χ2v) is 6.49. The predicted octanol–water partition coefficient (Wildman–Crippen LogP) is 2.77. The van der Waals surface area contributed by atoms with Crippen molar-refractivity contribution >= 4 is 48.9 Å². The van der Waals surface area contributed by atoms with E-state index >= 15 is 0 Å². The van der Waals surface area contributed by atoms with Crippen molar-refractivity contribution in [2.24, 2.45) is 0 Å². The van der Waals surface area contributed by atoms with Crippen molar-refractivity contribution in [1.29, 1.82) is 0 Å². The standard InChI is InChI=1S/C9H7Cl3O5S/c10-5-4-8(18(12,15)16)6(11)3-7(5)17-2-1-9(13)14/h3-4H,1-2H2,(H,13,14). The van der Waals surface area contributed by atoms with E-state index in [2.05, 4.69) is 0 Å². The SMILES string of the molecule is O=C(O)CCOc1cc(Cl)c(S(=O)(=O)Cl)cc1Cl. The molecule has 1 N–H and O–H groups in total. The number of benzene rings is 1. The third-order valence-electron chi connectivity index (χ3n) is 1.82. The summed E-state index contributed by atoms with van der Waals surface area (Å²) in [6.07, 6.45) is -0.219. The molecule has 100 valence electrons. The van der Waals surface area contributed by atoms with Gasteiger partial charge in [-0.2, -0.15) is 0 Å². The van der Waals surface area contributed by atoms with Crippen LogP contribution < -0.4 is 4.74 Å². The Hall–Kier alpha value is -0.690. The van der Waals surface area contributed by atoms with E-state index in [0.717, 1.165) is 6.07 Å². The Morgan fingerprint density at radius 2 is 1.89 bits per heavy atom. The lowest BCUT2D eigenvalue weighted by molar-refractivity contribution is -0.137. The Kier molecular flexibility index (Phi) is 5.10. The van der Waals surface area contributed by atoms with Gasteiger partial charge in [0.1, 0.15) is 10.6 Å². The maximum Gasteiger partial charge on any atom is 0.306 e. The van der Waals surface area contributed by atoms with Gasteiger partial charge in [-0.25, -0.2) is 8.42 Å². The molecule has 0 spiro atoms. The summed E-state index contributed by atoms with van der Waals surface area (Å²) in [7, 11) is 1.14. The van der Waals surface area contributed by atoms with E-state index in [-0.39, 0.29) is 33.7 Å². The van der Waals surface area contributed by atoms with Crippen molar-refractivity contribution in [3.63, 3.8) is 0 Å². The summed E-state index contributed by atoms with van der Waals surface area (Å²) in [6, 6.07) is 2.21. The maximum absolute atomic E-state index is 11.1. The van der Waals surface area contributed by atoms with Gasteiger partial charge in [-0.3, -0.25) is 4.79 Å². The van der Waals surface area contributed by atoms with Gasteiger partial charge in [-0.05, 0) is 6.07 Å². The quantitative estimate of drug-likeness (QED) is 0.838. The summed E-state index contributed by atoms with van der Waals surface area (Å²) in [5.41, 5.74) is 0. The lowest BCUT2D eigenvalue weighted by Crippen LogP contribution is -2.05. The van der Waals surface area contributed by atoms with Crippen LogP contribution in [-0.2, 0) is 13.8 Å². The highest BCUT2D eigenvalue weighted by molar-refractivity contribution is 8.13. The van der Waals surface area contributed by atoms with Gasteiger partial charge in [0.05, 0.1) is 23.1 Å². The average molecular weight is 334 g/mol. The highest BCUT2D eigenvalue weighted by Crippen LogP contribution is 2.34. The molecule has 0 aliphatic rings. The van der Waals surface area contributed by atoms with Crippen LogP contribution in [0.2, 0.25) is 10.0 Å². The summed E-state index contributed by atoms with van der Waals surface area (Å²) in [6.45, 7) is -0.113. The molecule has 0 amide bonds. The molecule has 0 bridgehead atoms. The van der Waals surface area contributed by atoms with Crippen molar-refractivity contribution < 1.29 is 23.1 Å². The van der Waals surface area contributed by atoms with E-state index in [9.17, 15) is 13.2 Å². The molecule has 1 aromatic rings. The minimum Gasteiger partial charge on any atom is -0.491 e. The molecule has 0 unspecified atom stereocenters. The molecular formula is C9H7Cl3O5S. The molecule has 9 heteroatoms. The molecule has 0 saturated carbocycles. The Morgan fingerprint density at radius 1 is 1.28 bits per heavy atom. The van der Waals surface area contributed by atoms with Gasteiger partial charge >= 0.3 is 5.97 Å². The Bertz CT molecular complexity index is 570. The fourth-order valence-electron chi connectivity index (χ4n) is 1.06. The molecule has 0 aliphatic heterocycles. The van der Waals surface area contributed by atoms with Crippen molar-refractivity contribution in [2.75, 3.05) is 6.61 Å². The summed E-state index contributed by atoms with van der Waals surface area (Å²) >= 11 is 11.5. The van der Waals surface area contributed by atoms with Crippen LogP contribution in [-0.4, -0.2) is 26.1 Å². The molecule has 18 heavy (non-hydrogen) atoms. The zero-order chi connectivity index (χ0) is 13.9. The summed E-state index contributed by atoms with van der Waals surface area (Å²) in [4.78, 5) is 9.96. The molecule has 5 nitrogen and oxygen atoms in total. The second kappa shape index (κ2) is 5.97. The Morgan fingerprint density at radius 3 is 2.39 bits per heavy atom. The maximum atomic E-state index is 11.1. The van der Waals surface area contributed by atoms with E-state index < -0.39 is 15.0 Å². The zero-order valence-electron chi connectivity index (χ0n) is 8.69. The van der Waals surface area contributed by atoms with E-state index in [0.29, 0.717) is 0 Å². The lowest BCUT2D eigenvalue weighted by atomic mass is 10.3. The van der Waals surface area contributed by atoms with Gasteiger partial charge < -0.3 is 9.84 Å². The Balaban J connectivity index is 2.97. The van der Waals surface area contributed by atoms with Crippen LogP contribution >= 0.6 is 33.9 Å². The number of ether oxygens (including phenoxy) is 1. The summed E-state index contributed by atoms with van der Waals surface area (Å²) < 4.78 is 27.3. The number of carbonyl (C=O) groups is 1. The minimum absolute atomic E-state index is 0.0241. The molecule has 1 rings (SSSR count). The number of hydrogen-bond donors (Lipinski definition) is 1. The molecule has 0 radical (unpaired) electrons. The van der Waals surface area contributed by atoms with Crippen LogP contribution in [0.4, 0.5) is 0 Å². The molecule has 1 aromatic carbocycles. The highest BCUT2D eigenvalue weighted by Gasteiger charge is 2.18.